The van der Waals surface area contributed by atoms with Crippen LogP contribution in [-0.4, -0.2) is 37.6 Å². The highest BCUT2D eigenvalue weighted by atomic mass is 16.5. The summed E-state index contributed by atoms with van der Waals surface area (Å²) in [5.41, 5.74) is 1.11. The molecule has 1 unspecified atom stereocenters. The Bertz CT molecular complexity index is 450. The Morgan fingerprint density at radius 1 is 1.50 bits per heavy atom. The summed E-state index contributed by atoms with van der Waals surface area (Å²) in [6, 6.07) is 7.84. The van der Waals surface area contributed by atoms with Gasteiger partial charge in [0.05, 0.1) is 5.92 Å². The molecule has 0 aliphatic carbocycles. The lowest BCUT2D eigenvalue weighted by Crippen LogP contribution is -2.33. The minimum Gasteiger partial charge on any atom is -0.490 e. The number of carbonyl (C=O) groups is 1. The van der Waals surface area contributed by atoms with Crippen LogP contribution in [0.15, 0.2) is 36.9 Å². The number of hydrogen-bond acceptors (Lipinski definition) is 3. The van der Waals surface area contributed by atoms with Crippen molar-refractivity contribution in [3.63, 3.8) is 0 Å². The van der Waals surface area contributed by atoms with E-state index in [2.05, 4.69) is 11.9 Å². The molecule has 0 aromatic heterocycles. The number of hydrogen-bond donors (Lipinski definition) is 1. The van der Waals surface area contributed by atoms with Gasteiger partial charge in [-0.05, 0) is 30.7 Å². The molecule has 1 heterocycles. The number of benzene rings is 1. The summed E-state index contributed by atoms with van der Waals surface area (Å²) in [4.78, 5) is 14.0. The molecule has 4 nitrogen and oxygen atoms in total. The van der Waals surface area contributed by atoms with Crippen molar-refractivity contribution >= 4 is 5.91 Å². The fourth-order valence-electron chi connectivity index (χ4n) is 2.38. The van der Waals surface area contributed by atoms with E-state index in [9.17, 15) is 4.79 Å². The van der Waals surface area contributed by atoms with E-state index in [0.717, 1.165) is 30.8 Å². The van der Waals surface area contributed by atoms with Crippen molar-refractivity contribution in [2.45, 2.75) is 13.0 Å². The van der Waals surface area contributed by atoms with Crippen LogP contribution in [0.4, 0.5) is 0 Å². The molecule has 1 atom stereocenters. The van der Waals surface area contributed by atoms with Gasteiger partial charge in [-0.2, -0.15) is 0 Å². The smallest absolute Gasteiger partial charge is 0.227 e. The van der Waals surface area contributed by atoms with Crippen LogP contribution in [0, 0.1) is 5.92 Å². The molecular weight excluding hydrogens is 252 g/mol. The van der Waals surface area contributed by atoms with Crippen LogP contribution in [0.3, 0.4) is 0 Å². The van der Waals surface area contributed by atoms with Crippen LogP contribution < -0.4 is 10.1 Å². The van der Waals surface area contributed by atoms with Crippen molar-refractivity contribution in [2.24, 2.45) is 5.92 Å². The normalized spacial score (nSPS) is 17.8. The zero-order valence-electron chi connectivity index (χ0n) is 12.0. The van der Waals surface area contributed by atoms with Crippen molar-refractivity contribution < 1.29 is 9.53 Å². The maximum Gasteiger partial charge on any atom is 0.227 e. The average molecular weight is 274 g/mol. The lowest BCUT2D eigenvalue weighted by atomic mass is 10.1. The van der Waals surface area contributed by atoms with Crippen molar-refractivity contribution in [2.75, 3.05) is 26.7 Å². The highest BCUT2D eigenvalue weighted by Crippen LogP contribution is 2.16. The maximum atomic E-state index is 12.2. The van der Waals surface area contributed by atoms with Crippen molar-refractivity contribution in [3.8, 4) is 5.75 Å². The Balaban J connectivity index is 1.88. The van der Waals surface area contributed by atoms with Crippen molar-refractivity contribution in [3.05, 3.63) is 42.5 Å². The first-order valence-electron chi connectivity index (χ1n) is 6.99. The molecule has 1 saturated heterocycles. The second-order valence-corrected chi connectivity index (χ2v) is 5.13. The second kappa shape index (κ2) is 7.10. The van der Waals surface area contributed by atoms with Gasteiger partial charge in [0, 0.05) is 20.1 Å². The molecule has 1 aromatic carbocycles. The van der Waals surface area contributed by atoms with Crippen LogP contribution in [0.1, 0.15) is 12.0 Å². The van der Waals surface area contributed by atoms with E-state index in [4.69, 9.17) is 4.74 Å². The highest BCUT2D eigenvalue weighted by molar-refractivity contribution is 5.79. The van der Waals surface area contributed by atoms with E-state index in [1.54, 1.807) is 11.0 Å². The van der Waals surface area contributed by atoms with Crippen LogP contribution in [0.25, 0.3) is 0 Å². The first-order valence-corrected chi connectivity index (χ1v) is 6.99. The summed E-state index contributed by atoms with van der Waals surface area (Å²) in [5.74, 6) is 1.18. The fraction of sp³-hybridized carbons (Fsp3) is 0.438. The minimum absolute atomic E-state index is 0.134. The van der Waals surface area contributed by atoms with Crippen molar-refractivity contribution in [1.82, 2.24) is 10.2 Å². The molecule has 0 radical (unpaired) electrons. The number of amides is 1. The Kier molecular flexibility index (Phi) is 5.18. The number of nitrogens with one attached hydrogen (secondary N) is 1. The van der Waals surface area contributed by atoms with E-state index < -0.39 is 0 Å². The van der Waals surface area contributed by atoms with Gasteiger partial charge in [0.25, 0.3) is 0 Å². The molecule has 20 heavy (non-hydrogen) atoms. The Morgan fingerprint density at radius 3 is 2.85 bits per heavy atom. The van der Waals surface area contributed by atoms with Gasteiger partial charge in [-0.1, -0.05) is 24.8 Å². The zero-order chi connectivity index (χ0) is 14.4. The predicted octanol–water partition coefficient (Wildman–Crippen LogP) is 1.82. The number of ether oxygens (including phenoxy) is 1. The quantitative estimate of drug-likeness (QED) is 0.805. The van der Waals surface area contributed by atoms with Crippen LogP contribution in [0.2, 0.25) is 0 Å². The van der Waals surface area contributed by atoms with E-state index in [-0.39, 0.29) is 11.8 Å². The fourth-order valence-corrected chi connectivity index (χ4v) is 2.38. The Morgan fingerprint density at radius 2 is 2.25 bits per heavy atom. The molecule has 1 amide bonds. The molecule has 2 rings (SSSR count). The van der Waals surface area contributed by atoms with Gasteiger partial charge in [0.15, 0.2) is 0 Å². The molecule has 4 heteroatoms. The first-order chi connectivity index (χ1) is 9.70. The lowest BCUT2D eigenvalue weighted by Gasteiger charge is -2.20. The molecule has 0 bridgehead atoms. The lowest BCUT2D eigenvalue weighted by molar-refractivity contribution is -0.134. The Hall–Kier alpha value is -1.81. The van der Waals surface area contributed by atoms with Gasteiger partial charge in [-0.25, -0.2) is 0 Å². The zero-order valence-corrected chi connectivity index (χ0v) is 12.0. The average Bonchev–Trinajstić information content (AvgIpc) is 3.00. The van der Waals surface area contributed by atoms with E-state index in [1.165, 1.54) is 0 Å². The largest absolute Gasteiger partial charge is 0.490 e. The summed E-state index contributed by atoms with van der Waals surface area (Å²) in [6.45, 7) is 6.50. The molecule has 0 spiro atoms. The summed E-state index contributed by atoms with van der Waals surface area (Å²) in [5, 5.41) is 3.23. The first kappa shape index (κ1) is 14.6. The van der Waals surface area contributed by atoms with Gasteiger partial charge in [0.2, 0.25) is 5.91 Å². The topological polar surface area (TPSA) is 41.6 Å². The third-order valence-corrected chi connectivity index (χ3v) is 3.50. The number of carbonyl (C=O) groups excluding carboxylic acids is 1. The number of rotatable bonds is 6. The number of nitrogens with zero attached hydrogens (tertiary/aromatic N) is 1. The molecular formula is C16H22N2O2. The minimum atomic E-state index is 0.134. The van der Waals surface area contributed by atoms with Crippen molar-refractivity contribution in [1.29, 1.82) is 0 Å². The molecule has 1 fully saturated rings. The van der Waals surface area contributed by atoms with Gasteiger partial charge in [0.1, 0.15) is 12.4 Å². The molecule has 108 valence electrons. The third kappa shape index (κ3) is 3.84. The summed E-state index contributed by atoms with van der Waals surface area (Å²) >= 11 is 0. The highest BCUT2D eigenvalue weighted by Gasteiger charge is 2.25. The third-order valence-electron chi connectivity index (χ3n) is 3.50. The van der Waals surface area contributed by atoms with E-state index in [0.29, 0.717) is 13.2 Å². The van der Waals surface area contributed by atoms with Gasteiger partial charge in [-0.15, -0.1) is 0 Å². The molecule has 1 aliphatic heterocycles. The van der Waals surface area contributed by atoms with Crippen LogP contribution >= 0.6 is 0 Å². The molecule has 1 aromatic rings. The van der Waals surface area contributed by atoms with Crippen LogP contribution in [0.5, 0.6) is 5.75 Å². The monoisotopic (exact) mass is 274 g/mol. The molecule has 1 N–H and O–H groups in total. The van der Waals surface area contributed by atoms with Gasteiger partial charge < -0.3 is 15.0 Å². The molecule has 1 aliphatic rings. The van der Waals surface area contributed by atoms with Gasteiger partial charge in [-0.3, -0.25) is 4.79 Å². The van der Waals surface area contributed by atoms with E-state index in [1.807, 2.05) is 31.3 Å². The Labute approximate surface area is 120 Å². The summed E-state index contributed by atoms with van der Waals surface area (Å²) < 4.78 is 5.44. The SMILES string of the molecule is C=CCOc1ccc(CN(C)C(=O)C2CCNC2)cc1. The predicted molar refractivity (Wildman–Crippen MR) is 79.6 cm³/mol. The van der Waals surface area contributed by atoms with Gasteiger partial charge >= 0.3 is 0 Å². The van der Waals surface area contributed by atoms with Crippen LogP contribution in [-0.2, 0) is 11.3 Å². The van der Waals surface area contributed by atoms with E-state index >= 15 is 0 Å². The second-order valence-electron chi connectivity index (χ2n) is 5.13. The standard InChI is InChI=1S/C16H22N2O2/c1-3-10-20-15-6-4-13(5-7-15)12-18(2)16(19)14-8-9-17-11-14/h3-7,14,17H,1,8-12H2,2H3. The molecule has 0 saturated carbocycles. The summed E-state index contributed by atoms with van der Waals surface area (Å²) in [6.07, 6.45) is 2.66. The summed E-state index contributed by atoms with van der Waals surface area (Å²) in [7, 11) is 1.86. The maximum absolute atomic E-state index is 12.2.